The molecule has 0 aliphatic heterocycles. The van der Waals surface area contributed by atoms with Crippen molar-refractivity contribution in [1.82, 2.24) is 14.6 Å². The predicted molar refractivity (Wildman–Crippen MR) is 103 cm³/mol. The largest absolute Gasteiger partial charge is 0.366 e. The van der Waals surface area contributed by atoms with Crippen molar-refractivity contribution in [1.29, 1.82) is 0 Å². The van der Waals surface area contributed by atoms with E-state index in [1.165, 1.54) is 16.3 Å². The summed E-state index contributed by atoms with van der Waals surface area (Å²) >= 11 is 6.24. The lowest BCUT2D eigenvalue weighted by Gasteiger charge is -2.11. The van der Waals surface area contributed by atoms with Crippen LogP contribution in [0.4, 0.5) is 5.82 Å². The Morgan fingerprint density at radius 3 is 2.76 bits per heavy atom. The van der Waals surface area contributed by atoms with Crippen LogP contribution in [0.25, 0.3) is 16.4 Å². The summed E-state index contributed by atoms with van der Waals surface area (Å²) in [4.78, 5) is 4.45. The number of anilines is 1. The minimum Gasteiger partial charge on any atom is -0.366 e. The van der Waals surface area contributed by atoms with Crippen LogP contribution in [-0.2, 0) is 6.54 Å². The third-order valence-corrected chi connectivity index (χ3v) is 4.62. The maximum Gasteiger partial charge on any atom is 0.162 e. The second-order valence-electron chi connectivity index (χ2n) is 6.45. The molecular formula is C20H19ClN4. The van der Waals surface area contributed by atoms with Gasteiger partial charge >= 0.3 is 0 Å². The summed E-state index contributed by atoms with van der Waals surface area (Å²) in [7, 11) is 0. The number of fused-ring (bicyclic) bond motifs is 2. The summed E-state index contributed by atoms with van der Waals surface area (Å²) in [6.45, 7) is 4.94. The van der Waals surface area contributed by atoms with Gasteiger partial charge < -0.3 is 5.32 Å². The molecular weight excluding hydrogens is 332 g/mol. The van der Waals surface area contributed by atoms with E-state index in [1.807, 2.05) is 16.8 Å². The Morgan fingerprint density at radius 1 is 1.12 bits per heavy atom. The van der Waals surface area contributed by atoms with Crippen molar-refractivity contribution >= 4 is 33.8 Å². The number of hydrogen-bond donors (Lipinski definition) is 1. The van der Waals surface area contributed by atoms with Crippen molar-refractivity contribution in [3.8, 4) is 0 Å². The van der Waals surface area contributed by atoms with Crippen molar-refractivity contribution in [3.63, 3.8) is 0 Å². The number of aromatic nitrogens is 3. The Labute approximate surface area is 151 Å². The van der Waals surface area contributed by atoms with E-state index >= 15 is 0 Å². The van der Waals surface area contributed by atoms with Crippen molar-refractivity contribution in [2.24, 2.45) is 0 Å². The van der Waals surface area contributed by atoms with Gasteiger partial charge in [-0.25, -0.2) is 4.98 Å². The standard InChI is InChI=1S/C20H19ClN4/c1-13(2)17-12-23-25-19(10-18(21)24-20(17)25)22-11-15-8-5-7-14-6-3-4-9-16(14)15/h3-10,12-13,22H,11H2,1-2H3. The van der Waals surface area contributed by atoms with Gasteiger partial charge in [0.1, 0.15) is 11.0 Å². The van der Waals surface area contributed by atoms with E-state index in [1.54, 1.807) is 0 Å². The normalized spacial score (nSPS) is 11.5. The molecule has 1 N–H and O–H groups in total. The molecule has 0 unspecified atom stereocenters. The van der Waals surface area contributed by atoms with Crippen LogP contribution in [0, 0.1) is 0 Å². The molecule has 0 amide bonds. The molecule has 0 atom stereocenters. The zero-order valence-corrected chi connectivity index (χ0v) is 15.0. The third kappa shape index (κ3) is 2.94. The third-order valence-electron chi connectivity index (χ3n) is 4.43. The van der Waals surface area contributed by atoms with Gasteiger partial charge in [0.2, 0.25) is 0 Å². The van der Waals surface area contributed by atoms with Crippen molar-refractivity contribution in [3.05, 3.63) is 71.0 Å². The molecule has 0 fully saturated rings. The second-order valence-corrected chi connectivity index (χ2v) is 6.83. The molecule has 0 spiro atoms. The molecule has 2 aromatic carbocycles. The smallest absolute Gasteiger partial charge is 0.162 e. The molecule has 5 heteroatoms. The predicted octanol–water partition coefficient (Wildman–Crippen LogP) is 5.27. The first kappa shape index (κ1) is 15.9. The average molecular weight is 351 g/mol. The van der Waals surface area contributed by atoms with Gasteiger partial charge in [-0.05, 0) is 22.3 Å². The number of rotatable bonds is 4. The van der Waals surface area contributed by atoms with Crippen molar-refractivity contribution in [2.75, 3.05) is 5.32 Å². The van der Waals surface area contributed by atoms with Crippen molar-refractivity contribution < 1.29 is 0 Å². The maximum absolute atomic E-state index is 6.24. The van der Waals surface area contributed by atoms with Crippen LogP contribution in [0.15, 0.2) is 54.7 Å². The number of hydrogen-bond acceptors (Lipinski definition) is 3. The zero-order chi connectivity index (χ0) is 17.4. The Bertz CT molecular complexity index is 1050. The minimum absolute atomic E-state index is 0.342. The number of nitrogens with one attached hydrogen (secondary N) is 1. The first-order valence-corrected chi connectivity index (χ1v) is 8.76. The Morgan fingerprint density at radius 2 is 1.92 bits per heavy atom. The average Bonchev–Trinajstić information content (AvgIpc) is 3.03. The molecule has 0 radical (unpaired) electrons. The monoisotopic (exact) mass is 350 g/mol. The highest BCUT2D eigenvalue weighted by molar-refractivity contribution is 6.29. The van der Waals surface area contributed by atoms with Crippen LogP contribution in [0.3, 0.4) is 0 Å². The van der Waals surface area contributed by atoms with Gasteiger partial charge in [0.15, 0.2) is 5.65 Å². The van der Waals surface area contributed by atoms with Gasteiger partial charge in [0, 0.05) is 18.2 Å². The van der Waals surface area contributed by atoms with E-state index < -0.39 is 0 Å². The minimum atomic E-state index is 0.342. The van der Waals surface area contributed by atoms with Crippen LogP contribution in [0.2, 0.25) is 5.15 Å². The van der Waals surface area contributed by atoms with E-state index in [0.717, 1.165) is 17.0 Å². The molecule has 0 saturated heterocycles. The molecule has 126 valence electrons. The molecule has 0 aliphatic carbocycles. The van der Waals surface area contributed by atoms with Gasteiger partial charge in [-0.1, -0.05) is 67.9 Å². The van der Waals surface area contributed by atoms with E-state index in [-0.39, 0.29) is 0 Å². The first-order valence-electron chi connectivity index (χ1n) is 8.38. The number of benzene rings is 2. The molecule has 4 nitrogen and oxygen atoms in total. The fourth-order valence-electron chi connectivity index (χ4n) is 3.12. The number of halogens is 1. The fourth-order valence-corrected chi connectivity index (χ4v) is 3.30. The molecule has 4 rings (SSSR count). The quantitative estimate of drug-likeness (QED) is 0.510. The van der Waals surface area contributed by atoms with Crippen LogP contribution in [-0.4, -0.2) is 14.6 Å². The molecule has 0 aliphatic rings. The highest BCUT2D eigenvalue weighted by Crippen LogP contribution is 2.25. The van der Waals surface area contributed by atoms with Crippen LogP contribution in [0.5, 0.6) is 0 Å². The SMILES string of the molecule is CC(C)c1cnn2c(NCc3cccc4ccccc34)cc(Cl)nc12. The first-order chi connectivity index (χ1) is 12.1. The molecule has 25 heavy (non-hydrogen) atoms. The van der Waals surface area contributed by atoms with Crippen LogP contribution < -0.4 is 5.32 Å². The molecule has 0 saturated carbocycles. The Hall–Kier alpha value is -2.59. The van der Waals surface area contributed by atoms with Gasteiger partial charge in [-0.3, -0.25) is 0 Å². The summed E-state index contributed by atoms with van der Waals surface area (Å²) < 4.78 is 1.83. The lowest BCUT2D eigenvalue weighted by molar-refractivity contribution is 0.871. The maximum atomic E-state index is 6.24. The summed E-state index contributed by atoms with van der Waals surface area (Å²) in [5.74, 6) is 1.18. The summed E-state index contributed by atoms with van der Waals surface area (Å²) in [6.07, 6.45) is 1.87. The summed E-state index contributed by atoms with van der Waals surface area (Å²) in [5.41, 5.74) is 3.13. The van der Waals surface area contributed by atoms with E-state index in [9.17, 15) is 0 Å². The number of nitrogens with zero attached hydrogens (tertiary/aromatic N) is 3. The zero-order valence-electron chi connectivity index (χ0n) is 14.2. The van der Waals surface area contributed by atoms with Crippen LogP contribution >= 0.6 is 11.6 Å². The molecule has 2 heterocycles. The molecule has 2 aromatic heterocycles. The highest BCUT2D eigenvalue weighted by Gasteiger charge is 2.13. The second kappa shape index (κ2) is 6.37. The van der Waals surface area contributed by atoms with E-state index in [2.05, 4.69) is 71.7 Å². The van der Waals surface area contributed by atoms with Crippen molar-refractivity contribution in [2.45, 2.75) is 26.3 Å². The lowest BCUT2D eigenvalue weighted by atomic mass is 10.0. The molecule has 0 bridgehead atoms. The summed E-state index contributed by atoms with van der Waals surface area (Å²) in [5, 5.41) is 10.9. The van der Waals surface area contributed by atoms with Crippen LogP contribution in [0.1, 0.15) is 30.9 Å². The lowest BCUT2D eigenvalue weighted by Crippen LogP contribution is -2.06. The topological polar surface area (TPSA) is 42.2 Å². The Balaban J connectivity index is 1.71. The van der Waals surface area contributed by atoms with Gasteiger partial charge in [0.05, 0.1) is 6.20 Å². The van der Waals surface area contributed by atoms with E-state index in [4.69, 9.17) is 11.6 Å². The van der Waals surface area contributed by atoms with Gasteiger partial charge in [-0.2, -0.15) is 9.61 Å². The summed E-state index contributed by atoms with van der Waals surface area (Å²) in [6, 6.07) is 16.6. The van der Waals surface area contributed by atoms with Gasteiger partial charge in [-0.15, -0.1) is 0 Å². The van der Waals surface area contributed by atoms with Gasteiger partial charge in [0.25, 0.3) is 0 Å². The fraction of sp³-hybridized carbons (Fsp3) is 0.200. The van der Waals surface area contributed by atoms with E-state index in [0.29, 0.717) is 17.6 Å². The highest BCUT2D eigenvalue weighted by atomic mass is 35.5. The molecule has 4 aromatic rings. The Kier molecular flexibility index (Phi) is 4.06.